The van der Waals surface area contributed by atoms with Crippen molar-refractivity contribution in [3.63, 3.8) is 0 Å². The van der Waals surface area contributed by atoms with Gasteiger partial charge in [0.05, 0.1) is 6.42 Å². The highest BCUT2D eigenvalue weighted by Gasteiger charge is 2.27. The van der Waals surface area contributed by atoms with Crippen LogP contribution in [0.25, 0.3) is 11.0 Å². The van der Waals surface area contributed by atoms with Crippen molar-refractivity contribution in [2.75, 3.05) is 0 Å². The summed E-state index contributed by atoms with van der Waals surface area (Å²) in [4.78, 5) is 23.0. The molecule has 0 saturated carbocycles. The third kappa shape index (κ3) is 3.21. The van der Waals surface area contributed by atoms with E-state index in [4.69, 9.17) is 9.52 Å². The van der Waals surface area contributed by atoms with E-state index >= 15 is 0 Å². The summed E-state index contributed by atoms with van der Waals surface area (Å²) >= 11 is 0. The molecule has 21 heavy (non-hydrogen) atoms. The van der Waals surface area contributed by atoms with E-state index in [9.17, 15) is 14.0 Å². The normalized spacial score (nSPS) is 11.6. The molecule has 0 spiro atoms. The number of benzene rings is 1. The molecule has 6 heteroatoms. The van der Waals surface area contributed by atoms with Crippen LogP contribution in [0, 0.1) is 12.7 Å². The van der Waals surface area contributed by atoms with Gasteiger partial charge in [0.2, 0.25) is 0 Å². The number of carboxylic acid groups (broad SMARTS) is 1. The average molecular weight is 293 g/mol. The zero-order valence-electron chi connectivity index (χ0n) is 12.0. The van der Waals surface area contributed by atoms with Crippen LogP contribution in [0.3, 0.4) is 0 Å². The monoisotopic (exact) mass is 293 g/mol. The Morgan fingerprint density at radius 1 is 1.38 bits per heavy atom. The van der Waals surface area contributed by atoms with Crippen LogP contribution in [0.5, 0.6) is 0 Å². The van der Waals surface area contributed by atoms with Crippen LogP contribution in [-0.2, 0) is 4.79 Å². The van der Waals surface area contributed by atoms with Gasteiger partial charge in [-0.25, -0.2) is 4.39 Å². The minimum absolute atomic E-state index is 0.0639. The summed E-state index contributed by atoms with van der Waals surface area (Å²) in [5, 5.41) is 12.0. The predicted octanol–water partition coefficient (Wildman–Crippen LogP) is 2.86. The summed E-state index contributed by atoms with van der Waals surface area (Å²) in [5.41, 5.74) is 0.0165. The fraction of sp³-hybridized carbons (Fsp3) is 0.333. The van der Waals surface area contributed by atoms with Crippen LogP contribution in [0.1, 0.15) is 36.4 Å². The van der Waals surface area contributed by atoms with Gasteiger partial charge in [0, 0.05) is 16.5 Å². The van der Waals surface area contributed by atoms with Gasteiger partial charge in [0.15, 0.2) is 5.76 Å². The molecule has 1 aromatic carbocycles. The summed E-state index contributed by atoms with van der Waals surface area (Å²) < 4.78 is 18.7. The first-order chi connectivity index (χ1) is 9.69. The lowest BCUT2D eigenvalue weighted by molar-refractivity contribution is -0.138. The number of amides is 1. The number of fused-ring (bicyclic) bond motifs is 1. The number of furan rings is 1. The molecule has 0 aliphatic carbocycles. The molecule has 0 fully saturated rings. The number of nitrogens with one attached hydrogen (secondary N) is 1. The van der Waals surface area contributed by atoms with Crippen LogP contribution in [0.2, 0.25) is 0 Å². The molecule has 1 amide bonds. The van der Waals surface area contributed by atoms with Gasteiger partial charge >= 0.3 is 5.97 Å². The van der Waals surface area contributed by atoms with Crippen molar-refractivity contribution in [3.05, 3.63) is 35.3 Å². The van der Waals surface area contributed by atoms with E-state index in [2.05, 4.69) is 5.32 Å². The van der Waals surface area contributed by atoms with E-state index in [0.29, 0.717) is 16.5 Å². The van der Waals surface area contributed by atoms with Crippen LogP contribution >= 0.6 is 0 Å². The number of carbonyl (C=O) groups is 2. The number of rotatable bonds is 4. The summed E-state index contributed by atoms with van der Waals surface area (Å²) in [5.74, 6) is -1.88. The topological polar surface area (TPSA) is 79.5 Å². The van der Waals surface area contributed by atoms with Crippen LogP contribution in [0.4, 0.5) is 4.39 Å². The van der Waals surface area contributed by atoms with Crippen molar-refractivity contribution in [3.8, 4) is 0 Å². The highest BCUT2D eigenvalue weighted by Crippen LogP contribution is 2.26. The number of halogens is 1. The van der Waals surface area contributed by atoms with Gasteiger partial charge in [0.1, 0.15) is 11.4 Å². The van der Waals surface area contributed by atoms with Crippen LogP contribution in [-0.4, -0.2) is 22.5 Å². The molecular weight excluding hydrogens is 277 g/mol. The number of aryl methyl sites for hydroxylation is 1. The SMILES string of the molecule is Cc1c(C(=O)NC(C)(C)CC(=O)O)oc2ccc(F)cc12. The number of hydrogen-bond acceptors (Lipinski definition) is 3. The smallest absolute Gasteiger partial charge is 0.305 e. The molecule has 1 heterocycles. The molecule has 2 aromatic rings. The van der Waals surface area contributed by atoms with Gasteiger partial charge in [-0.3, -0.25) is 9.59 Å². The first-order valence-corrected chi connectivity index (χ1v) is 6.42. The van der Waals surface area contributed by atoms with Crippen molar-refractivity contribution in [1.82, 2.24) is 5.32 Å². The maximum atomic E-state index is 13.2. The number of carboxylic acids is 1. The van der Waals surface area contributed by atoms with E-state index in [1.165, 1.54) is 18.2 Å². The minimum Gasteiger partial charge on any atom is -0.481 e. The molecule has 112 valence electrons. The summed E-state index contributed by atoms with van der Waals surface area (Å²) in [6.45, 7) is 4.87. The molecule has 0 atom stereocenters. The van der Waals surface area contributed by atoms with Crippen molar-refractivity contribution < 1.29 is 23.5 Å². The Morgan fingerprint density at radius 2 is 2.05 bits per heavy atom. The first-order valence-electron chi connectivity index (χ1n) is 6.42. The molecule has 0 saturated heterocycles. The lowest BCUT2D eigenvalue weighted by atomic mass is 10.0. The molecule has 2 rings (SSSR count). The first kappa shape index (κ1) is 15.0. The Morgan fingerprint density at radius 3 is 2.67 bits per heavy atom. The number of aliphatic carboxylic acids is 1. The van der Waals surface area contributed by atoms with Gasteiger partial charge in [-0.05, 0) is 39.0 Å². The Bertz CT molecular complexity index is 718. The fourth-order valence-electron chi connectivity index (χ4n) is 2.20. The predicted molar refractivity (Wildman–Crippen MR) is 74.7 cm³/mol. The maximum Gasteiger partial charge on any atom is 0.305 e. The van der Waals surface area contributed by atoms with Crippen molar-refractivity contribution >= 4 is 22.8 Å². The van der Waals surface area contributed by atoms with Gasteiger partial charge in [-0.15, -0.1) is 0 Å². The molecule has 0 unspecified atom stereocenters. The zero-order valence-corrected chi connectivity index (χ0v) is 12.0. The summed E-state index contributed by atoms with van der Waals surface area (Å²) in [6, 6.07) is 4.01. The highest BCUT2D eigenvalue weighted by molar-refractivity contribution is 5.99. The van der Waals surface area contributed by atoms with E-state index in [1.54, 1.807) is 20.8 Å². The summed E-state index contributed by atoms with van der Waals surface area (Å²) in [6.07, 6.45) is -0.216. The Labute approximate surface area is 120 Å². The van der Waals surface area contributed by atoms with Crippen molar-refractivity contribution in [2.24, 2.45) is 0 Å². The minimum atomic E-state index is -1.01. The molecule has 2 N–H and O–H groups in total. The lowest BCUT2D eigenvalue weighted by Gasteiger charge is -2.23. The second-order valence-electron chi connectivity index (χ2n) is 5.61. The van der Waals surface area contributed by atoms with E-state index in [1.807, 2.05) is 0 Å². The zero-order chi connectivity index (χ0) is 15.8. The Balaban J connectivity index is 2.32. The molecule has 0 aliphatic heterocycles. The van der Waals surface area contributed by atoms with Gasteiger partial charge in [0.25, 0.3) is 5.91 Å². The fourth-order valence-corrected chi connectivity index (χ4v) is 2.20. The third-order valence-corrected chi connectivity index (χ3v) is 3.15. The highest BCUT2D eigenvalue weighted by atomic mass is 19.1. The maximum absolute atomic E-state index is 13.2. The Kier molecular flexibility index (Phi) is 3.72. The quantitative estimate of drug-likeness (QED) is 0.908. The number of carbonyl (C=O) groups excluding carboxylic acids is 1. The average Bonchev–Trinajstić information content (AvgIpc) is 2.64. The number of hydrogen-bond donors (Lipinski definition) is 2. The Hall–Kier alpha value is -2.37. The lowest BCUT2D eigenvalue weighted by Crippen LogP contribution is -2.45. The van der Waals surface area contributed by atoms with E-state index in [-0.39, 0.29) is 12.2 Å². The molecule has 0 aliphatic rings. The van der Waals surface area contributed by atoms with Crippen LogP contribution in [0.15, 0.2) is 22.6 Å². The molecule has 1 aromatic heterocycles. The molecule has 5 nitrogen and oxygen atoms in total. The standard InChI is InChI=1S/C15H16FNO4/c1-8-10-6-9(16)4-5-11(10)21-13(8)14(20)17-15(2,3)7-12(18)19/h4-6H,7H2,1-3H3,(H,17,20)(H,18,19). The molecule has 0 bridgehead atoms. The van der Waals surface area contributed by atoms with Gasteiger partial charge in [-0.1, -0.05) is 0 Å². The van der Waals surface area contributed by atoms with Crippen molar-refractivity contribution in [2.45, 2.75) is 32.7 Å². The molecule has 0 radical (unpaired) electrons. The summed E-state index contributed by atoms with van der Waals surface area (Å²) in [7, 11) is 0. The van der Waals surface area contributed by atoms with Crippen LogP contribution < -0.4 is 5.32 Å². The van der Waals surface area contributed by atoms with E-state index < -0.39 is 23.2 Å². The largest absolute Gasteiger partial charge is 0.481 e. The van der Waals surface area contributed by atoms with Crippen molar-refractivity contribution in [1.29, 1.82) is 0 Å². The van der Waals surface area contributed by atoms with E-state index in [0.717, 1.165) is 0 Å². The third-order valence-electron chi connectivity index (χ3n) is 3.15. The van der Waals surface area contributed by atoms with Gasteiger partial charge < -0.3 is 14.8 Å². The van der Waals surface area contributed by atoms with Gasteiger partial charge in [-0.2, -0.15) is 0 Å². The second kappa shape index (κ2) is 5.20. The molecular formula is C15H16FNO4. The second-order valence-corrected chi connectivity index (χ2v) is 5.61.